The Bertz CT molecular complexity index is 298. The third-order valence-corrected chi connectivity index (χ3v) is 3.78. The van der Waals surface area contributed by atoms with E-state index < -0.39 is 0 Å². The zero-order valence-corrected chi connectivity index (χ0v) is 10.9. The van der Waals surface area contributed by atoms with Crippen molar-refractivity contribution in [2.24, 2.45) is 0 Å². The third-order valence-electron chi connectivity index (χ3n) is 2.62. The van der Waals surface area contributed by atoms with E-state index in [4.69, 9.17) is 5.11 Å². The lowest BCUT2D eigenvalue weighted by Crippen LogP contribution is -2.37. The molecule has 0 radical (unpaired) electrons. The minimum absolute atomic E-state index is 0.205. The molecule has 2 unspecified atom stereocenters. The normalized spacial score (nSPS) is 14.8. The Balaban J connectivity index is 2.42. The first-order chi connectivity index (χ1) is 7.67. The number of aromatic nitrogens is 1. The van der Waals surface area contributed by atoms with E-state index in [2.05, 4.69) is 23.3 Å². The summed E-state index contributed by atoms with van der Waals surface area (Å²) in [6.45, 7) is 5.07. The summed E-state index contributed by atoms with van der Waals surface area (Å²) in [5.74, 6) is 0. The largest absolute Gasteiger partial charge is 0.395 e. The van der Waals surface area contributed by atoms with E-state index in [1.54, 1.807) is 11.8 Å². The molecule has 0 aliphatic rings. The van der Waals surface area contributed by atoms with E-state index in [1.807, 2.05) is 25.4 Å². The highest BCUT2D eigenvalue weighted by Crippen LogP contribution is 2.10. The number of pyridine rings is 1. The summed E-state index contributed by atoms with van der Waals surface area (Å²) < 4.78 is 0. The molecule has 2 atom stereocenters. The SMILES string of the molecule is CSC(CO)C(C)NCc1ccc(C)cn1. The van der Waals surface area contributed by atoms with Gasteiger partial charge in [-0.1, -0.05) is 6.07 Å². The molecule has 1 heterocycles. The van der Waals surface area contributed by atoms with Crippen LogP contribution in [0.2, 0.25) is 0 Å². The van der Waals surface area contributed by atoms with E-state index in [-0.39, 0.29) is 17.9 Å². The first-order valence-corrected chi connectivity index (χ1v) is 6.74. The molecule has 0 bridgehead atoms. The second-order valence-electron chi connectivity index (χ2n) is 3.95. The molecule has 0 aliphatic carbocycles. The number of nitrogens with zero attached hydrogens (tertiary/aromatic N) is 1. The second kappa shape index (κ2) is 6.89. The molecule has 90 valence electrons. The van der Waals surface area contributed by atoms with Gasteiger partial charge in [0.15, 0.2) is 0 Å². The van der Waals surface area contributed by atoms with Gasteiger partial charge in [0, 0.05) is 24.0 Å². The summed E-state index contributed by atoms with van der Waals surface area (Å²) in [7, 11) is 0. The Morgan fingerprint density at radius 2 is 2.25 bits per heavy atom. The van der Waals surface area contributed by atoms with Crippen LogP contribution in [-0.2, 0) is 6.54 Å². The third kappa shape index (κ3) is 4.12. The lowest BCUT2D eigenvalue weighted by Gasteiger charge is -2.21. The summed E-state index contributed by atoms with van der Waals surface area (Å²) in [6.07, 6.45) is 3.89. The van der Waals surface area contributed by atoms with Gasteiger partial charge in [-0.15, -0.1) is 0 Å². The molecule has 4 heteroatoms. The summed E-state index contributed by atoms with van der Waals surface area (Å²) in [5.41, 5.74) is 2.21. The number of hydrogen-bond acceptors (Lipinski definition) is 4. The van der Waals surface area contributed by atoms with Gasteiger partial charge >= 0.3 is 0 Å². The van der Waals surface area contributed by atoms with Crippen LogP contribution in [-0.4, -0.2) is 34.2 Å². The minimum atomic E-state index is 0.205. The van der Waals surface area contributed by atoms with Gasteiger partial charge in [-0.25, -0.2) is 0 Å². The van der Waals surface area contributed by atoms with Gasteiger partial charge in [0.2, 0.25) is 0 Å². The monoisotopic (exact) mass is 240 g/mol. The van der Waals surface area contributed by atoms with E-state index in [9.17, 15) is 0 Å². The van der Waals surface area contributed by atoms with E-state index >= 15 is 0 Å². The molecule has 0 fully saturated rings. The molecule has 2 N–H and O–H groups in total. The number of aryl methyl sites for hydroxylation is 1. The summed E-state index contributed by atoms with van der Waals surface area (Å²) in [6, 6.07) is 4.37. The lowest BCUT2D eigenvalue weighted by molar-refractivity contribution is 0.275. The number of nitrogens with one attached hydrogen (secondary N) is 1. The quantitative estimate of drug-likeness (QED) is 0.792. The Kier molecular flexibility index (Phi) is 5.80. The van der Waals surface area contributed by atoms with Crippen molar-refractivity contribution < 1.29 is 5.11 Å². The van der Waals surface area contributed by atoms with Crippen LogP contribution in [0.4, 0.5) is 0 Å². The van der Waals surface area contributed by atoms with Crippen molar-refractivity contribution in [2.75, 3.05) is 12.9 Å². The molecule has 1 rings (SSSR count). The van der Waals surface area contributed by atoms with Gasteiger partial charge in [-0.2, -0.15) is 11.8 Å². The minimum Gasteiger partial charge on any atom is -0.395 e. The van der Waals surface area contributed by atoms with Crippen LogP contribution in [0.25, 0.3) is 0 Å². The van der Waals surface area contributed by atoms with Gasteiger partial charge in [-0.3, -0.25) is 4.98 Å². The molecule has 16 heavy (non-hydrogen) atoms. The fraction of sp³-hybridized carbons (Fsp3) is 0.583. The van der Waals surface area contributed by atoms with Crippen LogP contribution < -0.4 is 5.32 Å². The molecule has 0 spiro atoms. The van der Waals surface area contributed by atoms with Crippen LogP contribution in [0.15, 0.2) is 18.3 Å². The predicted octanol–water partition coefficient (Wildman–Crippen LogP) is 1.59. The second-order valence-corrected chi connectivity index (χ2v) is 5.03. The lowest BCUT2D eigenvalue weighted by atomic mass is 10.2. The molecular formula is C12H20N2OS. The Labute approximate surface area is 102 Å². The van der Waals surface area contributed by atoms with Crippen LogP contribution in [0.5, 0.6) is 0 Å². The van der Waals surface area contributed by atoms with Crippen molar-refractivity contribution in [2.45, 2.75) is 31.7 Å². The first-order valence-electron chi connectivity index (χ1n) is 5.46. The smallest absolute Gasteiger partial charge is 0.0564 e. The van der Waals surface area contributed by atoms with Crippen molar-refractivity contribution in [3.05, 3.63) is 29.6 Å². The predicted molar refractivity (Wildman–Crippen MR) is 69.7 cm³/mol. The fourth-order valence-corrected chi connectivity index (χ4v) is 2.09. The number of aliphatic hydroxyl groups is 1. The maximum absolute atomic E-state index is 9.15. The molecule has 0 saturated heterocycles. The van der Waals surface area contributed by atoms with Crippen LogP contribution in [0.1, 0.15) is 18.2 Å². The summed E-state index contributed by atoms with van der Waals surface area (Å²) in [4.78, 5) is 4.33. The fourth-order valence-electron chi connectivity index (χ4n) is 1.44. The van der Waals surface area contributed by atoms with E-state index in [0.29, 0.717) is 0 Å². The Hall–Kier alpha value is -0.580. The number of rotatable bonds is 6. The van der Waals surface area contributed by atoms with Gasteiger partial charge in [0.05, 0.1) is 12.3 Å². The zero-order chi connectivity index (χ0) is 12.0. The van der Waals surface area contributed by atoms with Crippen molar-refractivity contribution in [1.29, 1.82) is 0 Å². The van der Waals surface area contributed by atoms with Gasteiger partial charge in [0.25, 0.3) is 0 Å². The average molecular weight is 240 g/mol. The highest BCUT2D eigenvalue weighted by Gasteiger charge is 2.14. The molecule has 0 saturated carbocycles. The van der Waals surface area contributed by atoms with Gasteiger partial charge < -0.3 is 10.4 Å². The maximum Gasteiger partial charge on any atom is 0.0564 e. The van der Waals surface area contributed by atoms with Gasteiger partial charge in [-0.05, 0) is 31.7 Å². The molecule has 1 aromatic heterocycles. The number of thioether (sulfide) groups is 1. The maximum atomic E-state index is 9.15. The molecule has 3 nitrogen and oxygen atoms in total. The molecule has 0 amide bonds. The number of hydrogen-bond donors (Lipinski definition) is 2. The summed E-state index contributed by atoms with van der Waals surface area (Å²) in [5, 5.41) is 12.8. The highest BCUT2D eigenvalue weighted by atomic mass is 32.2. The Morgan fingerprint density at radius 1 is 1.50 bits per heavy atom. The number of aliphatic hydroxyl groups excluding tert-OH is 1. The molecule has 1 aromatic rings. The van der Waals surface area contributed by atoms with E-state index in [0.717, 1.165) is 12.2 Å². The summed E-state index contributed by atoms with van der Waals surface area (Å²) >= 11 is 1.68. The standard InChI is InChI=1S/C12H20N2OS/c1-9-4-5-11(14-6-9)7-13-10(2)12(8-15)16-3/h4-6,10,12-13,15H,7-8H2,1-3H3. The van der Waals surface area contributed by atoms with E-state index in [1.165, 1.54) is 5.56 Å². The Morgan fingerprint density at radius 3 is 2.75 bits per heavy atom. The highest BCUT2D eigenvalue weighted by molar-refractivity contribution is 7.99. The van der Waals surface area contributed by atoms with Crippen LogP contribution in [0.3, 0.4) is 0 Å². The first kappa shape index (κ1) is 13.5. The molecule has 0 aromatic carbocycles. The van der Waals surface area contributed by atoms with Crippen molar-refractivity contribution in [1.82, 2.24) is 10.3 Å². The van der Waals surface area contributed by atoms with Gasteiger partial charge in [0.1, 0.15) is 0 Å². The topological polar surface area (TPSA) is 45.1 Å². The molecule has 0 aliphatic heterocycles. The van der Waals surface area contributed by atoms with Crippen LogP contribution in [0, 0.1) is 6.92 Å². The van der Waals surface area contributed by atoms with Crippen molar-refractivity contribution in [3.63, 3.8) is 0 Å². The average Bonchev–Trinajstić information content (AvgIpc) is 2.30. The van der Waals surface area contributed by atoms with Crippen molar-refractivity contribution >= 4 is 11.8 Å². The molecular weight excluding hydrogens is 220 g/mol. The van der Waals surface area contributed by atoms with Crippen LogP contribution >= 0.6 is 11.8 Å². The zero-order valence-electron chi connectivity index (χ0n) is 10.1. The van der Waals surface area contributed by atoms with Crippen molar-refractivity contribution in [3.8, 4) is 0 Å².